The Labute approximate surface area is 150 Å². The number of ether oxygens (including phenoxy) is 1. The van der Waals surface area contributed by atoms with Crippen LogP contribution >= 0.6 is 15.9 Å². The van der Waals surface area contributed by atoms with Gasteiger partial charge in [0, 0.05) is 36.2 Å². The normalized spacial score (nSPS) is 15.4. The van der Waals surface area contributed by atoms with Gasteiger partial charge in [-0.2, -0.15) is 0 Å². The molecule has 1 heterocycles. The lowest BCUT2D eigenvalue weighted by molar-refractivity contribution is 0.0140. The van der Waals surface area contributed by atoms with Crippen molar-refractivity contribution in [2.24, 2.45) is 0 Å². The van der Waals surface area contributed by atoms with Gasteiger partial charge >= 0.3 is 6.09 Å². The quantitative estimate of drug-likeness (QED) is 0.830. The van der Waals surface area contributed by atoms with E-state index in [1.165, 1.54) is 0 Å². The Morgan fingerprint density at radius 3 is 2.29 bits per heavy atom. The van der Waals surface area contributed by atoms with E-state index in [0.29, 0.717) is 37.3 Å². The summed E-state index contributed by atoms with van der Waals surface area (Å²) < 4.78 is 6.17. The van der Waals surface area contributed by atoms with Crippen molar-refractivity contribution in [3.05, 3.63) is 33.8 Å². The first-order valence-corrected chi connectivity index (χ1v) is 8.67. The molecule has 2 rings (SSSR count). The summed E-state index contributed by atoms with van der Waals surface area (Å²) >= 11 is 3.34. The Hall–Kier alpha value is -1.60. The zero-order valence-electron chi connectivity index (χ0n) is 14.2. The molecule has 24 heavy (non-hydrogen) atoms. The van der Waals surface area contributed by atoms with Crippen LogP contribution in [-0.2, 0) is 11.3 Å². The minimum atomic E-state index is -0.530. The van der Waals surface area contributed by atoms with Gasteiger partial charge in [-0.25, -0.2) is 4.79 Å². The van der Waals surface area contributed by atoms with Crippen molar-refractivity contribution in [2.45, 2.75) is 33.0 Å². The van der Waals surface area contributed by atoms with Crippen LogP contribution < -0.4 is 0 Å². The molecule has 0 radical (unpaired) electrons. The maximum Gasteiger partial charge on any atom is 0.410 e. The number of hydrogen-bond donors (Lipinski definition) is 1. The van der Waals surface area contributed by atoms with Crippen LogP contribution in [0.5, 0.6) is 0 Å². The first kappa shape index (κ1) is 18.7. The third-order valence-corrected chi connectivity index (χ3v) is 4.18. The predicted molar refractivity (Wildman–Crippen MR) is 93.8 cm³/mol. The molecule has 0 unspecified atom stereocenters. The van der Waals surface area contributed by atoms with E-state index in [-0.39, 0.29) is 18.6 Å². The summed E-state index contributed by atoms with van der Waals surface area (Å²) in [4.78, 5) is 28.0. The predicted octanol–water partition coefficient (Wildman–Crippen LogP) is 2.63. The van der Waals surface area contributed by atoms with Gasteiger partial charge in [-0.15, -0.1) is 0 Å². The van der Waals surface area contributed by atoms with Crippen molar-refractivity contribution in [1.82, 2.24) is 9.80 Å². The van der Waals surface area contributed by atoms with Crippen molar-refractivity contribution in [2.75, 3.05) is 26.2 Å². The van der Waals surface area contributed by atoms with E-state index in [4.69, 9.17) is 4.74 Å². The first-order chi connectivity index (χ1) is 11.2. The van der Waals surface area contributed by atoms with E-state index in [2.05, 4.69) is 15.9 Å². The van der Waals surface area contributed by atoms with Crippen molar-refractivity contribution in [3.63, 3.8) is 0 Å². The SMILES string of the molecule is CC(C)(C)OC(=O)N1CCN(C(=O)c2ccc(Br)cc2CO)CC1. The minimum absolute atomic E-state index is 0.129. The highest BCUT2D eigenvalue weighted by Gasteiger charge is 2.28. The van der Waals surface area contributed by atoms with Gasteiger partial charge in [0.1, 0.15) is 5.60 Å². The average molecular weight is 399 g/mol. The first-order valence-electron chi connectivity index (χ1n) is 7.88. The van der Waals surface area contributed by atoms with E-state index in [9.17, 15) is 14.7 Å². The monoisotopic (exact) mass is 398 g/mol. The molecule has 0 saturated carbocycles. The number of piperazine rings is 1. The maximum atomic E-state index is 12.7. The van der Waals surface area contributed by atoms with Gasteiger partial charge in [-0.05, 0) is 44.5 Å². The van der Waals surface area contributed by atoms with Crippen molar-refractivity contribution in [1.29, 1.82) is 0 Å². The number of carbonyl (C=O) groups is 2. The number of carbonyl (C=O) groups excluding carboxylic acids is 2. The minimum Gasteiger partial charge on any atom is -0.444 e. The van der Waals surface area contributed by atoms with Crippen LogP contribution in [-0.4, -0.2) is 58.7 Å². The highest BCUT2D eigenvalue weighted by atomic mass is 79.9. The van der Waals surface area contributed by atoms with E-state index in [0.717, 1.165) is 4.47 Å². The third-order valence-electron chi connectivity index (χ3n) is 3.69. The van der Waals surface area contributed by atoms with Gasteiger partial charge in [0.05, 0.1) is 6.61 Å². The Kier molecular flexibility index (Phi) is 5.87. The lowest BCUT2D eigenvalue weighted by Gasteiger charge is -2.35. The molecule has 0 spiro atoms. The highest BCUT2D eigenvalue weighted by Crippen LogP contribution is 2.20. The molecule has 1 fully saturated rings. The second-order valence-electron chi connectivity index (χ2n) is 6.72. The van der Waals surface area contributed by atoms with Crippen molar-refractivity contribution >= 4 is 27.9 Å². The second-order valence-corrected chi connectivity index (χ2v) is 7.63. The van der Waals surface area contributed by atoms with Crippen LogP contribution in [0.1, 0.15) is 36.7 Å². The number of benzene rings is 1. The highest BCUT2D eigenvalue weighted by molar-refractivity contribution is 9.10. The second kappa shape index (κ2) is 7.53. The third kappa shape index (κ3) is 4.70. The summed E-state index contributed by atoms with van der Waals surface area (Å²) in [5, 5.41) is 9.45. The van der Waals surface area contributed by atoms with E-state index < -0.39 is 5.60 Å². The fourth-order valence-electron chi connectivity index (χ4n) is 2.49. The van der Waals surface area contributed by atoms with Gasteiger partial charge in [0.15, 0.2) is 0 Å². The summed E-state index contributed by atoms with van der Waals surface area (Å²) in [7, 11) is 0. The summed E-state index contributed by atoms with van der Waals surface area (Å²) in [6.45, 7) is 7.05. The number of halogens is 1. The molecule has 0 aliphatic carbocycles. The zero-order valence-corrected chi connectivity index (χ0v) is 15.8. The number of hydrogen-bond acceptors (Lipinski definition) is 4. The molecule has 0 atom stereocenters. The molecule has 1 N–H and O–H groups in total. The Balaban J connectivity index is 1.99. The van der Waals surface area contributed by atoms with Gasteiger partial charge in [-0.1, -0.05) is 15.9 Å². The topological polar surface area (TPSA) is 70.1 Å². The molecule has 1 saturated heterocycles. The van der Waals surface area contributed by atoms with Crippen LogP contribution in [0.15, 0.2) is 22.7 Å². The zero-order chi connectivity index (χ0) is 17.9. The molecule has 0 aromatic heterocycles. The van der Waals surface area contributed by atoms with E-state index in [1.54, 1.807) is 28.0 Å². The fourth-order valence-corrected chi connectivity index (χ4v) is 2.90. The van der Waals surface area contributed by atoms with Crippen LogP contribution in [0.4, 0.5) is 4.79 Å². The number of rotatable bonds is 2. The maximum absolute atomic E-state index is 12.7. The smallest absolute Gasteiger partial charge is 0.410 e. The average Bonchev–Trinajstić information content (AvgIpc) is 2.52. The Morgan fingerprint density at radius 2 is 1.75 bits per heavy atom. The van der Waals surface area contributed by atoms with E-state index in [1.807, 2.05) is 20.8 Å². The van der Waals surface area contributed by atoms with Crippen LogP contribution in [0.2, 0.25) is 0 Å². The number of amides is 2. The molecule has 1 aliphatic rings. The van der Waals surface area contributed by atoms with Crippen LogP contribution in [0, 0.1) is 0 Å². The van der Waals surface area contributed by atoms with Crippen molar-refractivity contribution < 1.29 is 19.4 Å². The van der Waals surface area contributed by atoms with Crippen LogP contribution in [0.25, 0.3) is 0 Å². The molecule has 6 nitrogen and oxygen atoms in total. The summed E-state index contributed by atoms with van der Waals surface area (Å²) in [5.41, 5.74) is 0.549. The Bertz CT molecular complexity index is 620. The molecular weight excluding hydrogens is 376 g/mol. The molecule has 132 valence electrons. The fraction of sp³-hybridized carbons (Fsp3) is 0.529. The Morgan fingerprint density at radius 1 is 1.17 bits per heavy atom. The van der Waals surface area contributed by atoms with Crippen molar-refractivity contribution in [3.8, 4) is 0 Å². The van der Waals surface area contributed by atoms with Gasteiger partial charge < -0.3 is 19.6 Å². The molecule has 1 aliphatic heterocycles. The number of nitrogens with zero attached hydrogens (tertiary/aromatic N) is 2. The lowest BCUT2D eigenvalue weighted by atomic mass is 10.1. The van der Waals surface area contributed by atoms with Gasteiger partial charge in [0.2, 0.25) is 0 Å². The summed E-state index contributed by atoms with van der Waals surface area (Å²) in [6.07, 6.45) is -0.353. The van der Waals surface area contributed by atoms with Gasteiger partial charge in [-0.3, -0.25) is 4.79 Å². The summed E-state index contributed by atoms with van der Waals surface area (Å²) in [6, 6.07) is 5.23. The largest absolute Gasteiger partial charge is 0.444 e. The molecule has 2 amide bonds. The molecule has 1 aromatic carbocycles. The van der Waals surface area contributed by atoms with Crippen LogP contribution in [0.3, 0.4) is 0 Å². The molecular formula is C17H23BrN2O4. The number of aliphatic hydroxyl groups excluding tert-OH is 1. The summed E-state index contributed by atoms with van der Waals surface area (Å²) in [5.74, 6) is -0.129. The molecule has 7 heteroatoms. The molecule has 1 aromatic rings. The standard InChI is InChI=1S/C17H23BrN2O4/c1-17(2,3)24-16(23)20-8-6-19(7-9-20)15(22)14-5-4-13(18)10-12(14)11-21/h4-5,10,21H,6-9,11H2,1-3H3. The molecule has 0 bridgehead atoms. The van der Waals surface area contributed by atoms with Gasteiger partial charge in [0.25, 0.3) is 5.91 Å². The van der Waals surface area contributed by atoms with E-state index >= 15 is 0 Å². The number of aliphatic hydroxyl groups is 1. The lowest BCUT2D eigenvalue weighted by Crippen LogP contribution is -2.51.